The average Bonchev–Trinajstić information content (AvgIpc) is 3.34. The molecule has 0 aromatic heterocycles. The van der Waals surface area contributed by atoms with Gasteiger partial charge in [-0.25, -0.2) is 0 Å². The molecule has 1 atom stereocenters. The molecular formula is C25H21ClN2O. The summed E-state index contributed by atoms with van der Waals surface area (Å²) in [7, 11) is 0. The lowest BCUT2D eigenvalue weighted by Gasteiger charge is -2.38. The van der Waals surface area contributed by atoms with Gasteiger partial charge >= 0.3 is 0 Å². The Morgan fingerprint density at radius 2 is 1.72 bits per heavy atom. The first-order valence-electron chi connectivity index (χ1n) is 9.82. The molecule has 29 heavy (non-hydrogen) atoms. The van der Waals surface area contributed by atoms with E-state index < -0.39 is 5.72 Å². The highest BCUT2D eigenvalue weighted by Crippen LogP contribution is 2.46. The molecule has 0 aliphatic carbocycles. The summed E-state index contributed by atoms with van der Waals surface area (Å²) in [6.07, 6.45) is 4.16. The first-order valence-corrected chi connectivity index (χ1v) is 10.2. The maximum atomic E-state index is 6.69. The summed E-state index contributed by atoms with van der Waals surface area (Å²) in [5.74, 6) is 1.02. The lowest BCUT2D eigenvalue weighted by molar-refractivity contribution is -0.0817. The van der Waals surface area contributed by atoms with Gasteiger partial charge in [0.1, 0.15) is 5.84 Å². The first kappa shape index (κ1) is 18.2. The van der Waals surface area contributed by atoms with Crippen molar-refractivity contribution in [3.05, 3.63) is 112 Å². The van der Waals surface area contributed by atoms with Crippen LogP contribution < -0.4 is 0 Å². The molecule has 4 heteroatoms. The van der Waals surface area contributed by atoms with Crippen molar-refractivity contribution >= 4 is 23.5 Å². The number of hydrogen-bond donors (Lipinski definition) is 0. The van der Waals surface area contributed by atoms with Gasteiger partial charge in [-0.05, 0) is 17.7 Å². The van der Waals surface area contributed by atoms with E-state index in [1.807, 2.05) is 30.3 Å². The van der Waals surface area contributed by atoms with Gasteiger partial charge in [0.05, 0.1) is 13.2 Å². The molecule has 2 aliphatic rings. The summed E-state index contributed by atoms with van der Waals surface area (Å²) in [5, 5.41) is 0.717. The second-order valence-corrected chi connectivity index (χ2v) is 7.61. The third-order valence-corrected chi connectivity index (χ3v) is 5.74. The van der Waals surface area contributed by atoms with E-state index in [4.69, 9.17) is 21.3 Å². The van der Waals surface area contributed by atoms with Gasteiger partial charge in [0.25, 0.3) is 0 Å². The number of nitrogens with zero attached hydrogens (tertiary/aromatic N) is 2. The Balaban J connectivity index is 1.55. The molecule has 3 aromatic rings. The van der Waals surface area contributed by atoms with Crippen molar-refractivity contribution in [1.29, 1.82) is 0 Å². The molecule has 0 spiro atoms. The molecule has 1 unspecified atom stereocenters. The van der Waals surface area contributed by atoms with E-state index in [0.717, 1.165) is 46.2 Å². The number of aliphatic imine (C=N–C) groups is 1. The standard InChI is InChI=1S/C25H21ClN2O/c26-21-14-12-20(13-15-21)25(29-18-6-9-19-7-2-1-3-8-19)23-11-5-4-10-22(23)24-27-16-17-28(24)25/h1-15H,16-18H2. The van der Waals surface area contributed by atoms with Crippen LogP contribution in [0.15, 0.2) is 89.9 Å². The van der Waals surface area contributed by atoms with Crippen LogP contribution >= 0.6 is 11.6 Å². The Bertz CT molecular complexity index is 1080. The molecule has 2 aliphatic heterocycles. The molecule has 0 radical (unpaired) electrons. The summed E-state index contributed by atoms with van der Waals surface area (Å²) < 4.78 is 6.69. The number of benzene rings is 3. The molecule has 0 saturated heterocycles. The maximum Gasteiger partial charge on any atom is 0.196 e. The van der Waals surface area contributed by atoms with Crippen molar-refractivity contribution < 1.29 is 4.74 Å². The van der Waals surface area contributed by atoms with Crippen molar-refractivity contribution in [2.24, 2.45) is 4.99 Å². The van der Waals surface area contributed by atoms with Crippen molar-refractivity contribution in [3.8, 4) is 0 Å². The Hall–Kier alpha value is -2.88. The molecule has 0 bridgehead atoms. The van der Waals surface area contributed by atoms with Gasteiger partial charge in [-0.3, -0.25) is 4.99 Å². The molecule has 144 valence electrons. The zero-order valence-electron chi connectivity index (χ0n) is 16.0. The second kappa shape index (κ2) is 7.51. The van der Waals surface area contributed by atoms with Gasteiger partial charge in [0, 0.05) is 28.3 Å². The number of ether oxygens (including phenoxy) is 1. The molecule has 3 nitrogen and oxygen atoms in total. The van der Waals surface area contributed by atoms with Gasteiger partial charge < -0.3 is 9.64 Å². The summed E-state index contributed by atoms with van der Waals surface area (Å²) in [4.78, 5) is 7.06. The summed E-state index contributed by atoms with van der Waals surface area (Å²) in [6, 6.07) is 26.6. The highest BCUT2D eigenvalue weighted by Gasteiger charge is 2.51. The van der Waals surface area contributed by atoms with Gasteiger partial charge in [-0.1, -0.05) is 90.5 Å². The number of halogens is 1. The van der Waals surface area contributed by atoms with E-state index in [1.165, 1.54) is 0 Å². The number of hydrogen-bond acceptors (Lipinski definition) is 3. The van der Waals surface area contributed by atoms with E-state index >= 15 is 0 Å². The molecule has 5 rings (SSSR count). The SMILES string of the molecule is Clc1ccc(C2(OCC=Cc3ccccc3)c3ccccc3C3=NCCN32)cc1. The molecule has 3 aromatic carbocycles. The van der Waals surface area contributed by atoms with Crippen LogP contribution in [0, 0.1) is 0 Å². The topological polar surface area (TPSA) is 24.8 Å². The maximum absolute atomic E-state index is 6.69. The highest BCUT2D eigenvalue weighted by atomic mass is 35.5. The third kappa shape index (κ3) is 3.07. The lowest BCUT2D eigenvalue weighted by atomic mass is 9.93. The Kier molecular flexibility index (Phi) is 4.70. The normalized spacial score (nSPS) is 20.0. The predicted octanol–water partition coefficient (Wildman–Crippen LogP) is 5.35. The number of fused-ring (bicyclic) bond motifs is 3. The summed E-state index contributed by atoms with van der Waals surface area (Å²) in [5.41, 5.74) is 3.81. The Morgan fingerprint density at radius 1 is 0.966 bits per heavy atom. The fourth-order valence-corrected chi connectivity index (χ4v) is 4.37. The zero-order valence-corrected chi connectivity index (χ0v) is 16.7. The van der Waals surface area contributed by atoms with Crippen LogP contribution in [-0.4, -0.2) is 30.4 Å². The molecular weight excluding hydrogens is 380 g/mol. The van der Waals surface area contributed by atoms with E-state index in [0.29, 0.717) is 6.61 Å². The van der Waals surface area contributed by atoms with Crippen molar-refractivity contribution in [2.75, 3.05) is 19.7 Å². The molecule has 0 N–H and O–H groups in total. The minimum atomic E-state index is -0.697. The summed E-state index contributed by atoms with van der Waals surface area (Å²) in [6.45, 7) is 2.09. The van der Waals surface area contributed by atoms with Crippen molar-refractivity contribution in [2.45, 2.75) is 5.72 Å². The zero-order chi connectivity index (χ0) is 19.7. The van der Waals surface area contributed by atoms with Crippen LogP contribution in [-0.2, 0) is 10.5 Å². The predicted molar refractivity (Wildman–Crippen MR) is 118 cm³/mol. The van der Waals surface area contributed by atoms with Crippen molar-refractivity contribution in [1.82, 2.24) is 4.90 Å². The molecule has 0 amide bonds. The van der Waals surface area contributed by atoms with E-state index in [9.17, 15) is 0 Å². The quantitative estimate of drug-likeness (QED) is 0.577. The van der Waals surface area contributed by atoms with Crippen LogP contribution in [0.3, 0.4) is 0 Å². The summed E-state index contributed by atoms with van der Waals surface area (Å²) >= 11 is 6.18. The fourth-order valence-electron chi connectivity index (χ4n) is 4.25. The van der Waals surface area contributed by atoms with Crippen LogP contribution in [0.5, 0.6) is 0 Å². The van der Waals surface area contributed by atoms with E-state index in [2.05, 4.69) is 65.6 Å². The second-order valence-electron chi connectivity index (χ2n) is 7.18. The monoisotopic (exact) mass is 400 g/mol. The molecule has 2 heterocycles. The third-order valence-electron chi connectivity index (χ3n) is 5.49. The van der Waals surface area contributed by atoms with Gasteiger partial charge in [-0.15, -0.1) is 0 Å². The molecule has 0 fully saturated rings. The smallest absolute Gasteiger partial charge is 0.196 e. The first-order chi connectivity index (χ1) is 14.3. The number of rotatable bonds is 5. The van der Waals surface area contributed by atoms with Gasteiger partial charge in [0.15, 0.2) is 5.72 Å². The highest BCUT2D eigenvalue weighted by molar-refractivity contribution is 6.30. The van der Waals surface area contributed by atoms with Gasteiger partial charge in [0.2, 0.25) is 0 Å². The van der Waals surface area contributed by atoms with E-state index in [-0.39, 0.29) is 0 Å². The van der Waals surface area contributed by atoms with Crippen LogP contribution in [0.1, 0.15) is 22.3 Å². The van der Waals surface area contributed by atoms with Gasteiger partial charge in [-0.2, -0.15) is 0 Å². The Labute approximate surface area is 175 Å². The van der Waals surface area contributed by atoms with Crippen LogP contribution in [0.2, 0.25) is 5.02 Å². The minimum Gasteiger partial charge on any atom is -0.343 e. The van der Waals surface area contributed by atoms with E-state index in [1.54, 1.807) is 0 Å². The number of amidine groups is 1. The largest absolute Gasteiger partial charge is 0.343 e. The molecule has 0 saturated carbocycles. The van der Waals surface area contributed by atoms with Crippen molar-refractivity contribution in [3.63, 3.8) is 0 Å². The lowest BCUT2D eigenvalue weighted by Crippen LogP contribution is -2.46. The van der Waals surface area contributed by atoms with Crippen LogP contribution in [0.4, 0.5) is 0 Å². The minimum absolute atomic E-state index is 0.482. The van der Waals surface area contributed by atoms with Crippen LogP contribution in [0.25, 0.3) is 6.08 Å². The fraction of sp³-hybridized carbons (Fsp3) is 0.160. The average molecular weight is 401 g/mol. The Morgan fingerprint density at radius 3 is 2.55 bits per heavy atom.